The van der Waals surface area contributed by atoms with E-state index in [2.05, 4.69) is 51.4 Å². The summed E-state index contributed by atoms with van der Waals surface area (Å²) in [6, 6.07) is 15.6. The first-order valence-corrected chi connectivity index (χ1v) is 11.7. The number of carboxylic acid groups (broad SMARTS) is 2. The van der Waals surface area contributed by atoms with Crippen molar-refractivity contribution in [3.05, 3.63) is 94.8 Å². The second-order valence-corrected chi connectivity index (χ2v) is 8.56. The molecule has 36 heavy (non-hydrogen) atoms. The van der Waals surface area contributed by atoms with Gasteiger partial charge in [0.2, 0.25) is 0 Å². The summed E-state index contributed by atoms with van der Waals surface area (Å²) < 4.78 is 15.8. The molecule has 1 aromatic heterocycles. The Labute approximate surface area is 208 Å². The summed E-state index contributed by atoms with van der Waals surface area (Å²) in [6.07, 6.45) is 8.83. The Bertz CT molecular complexity index is 1280. The van der Waals surface area contributed by atoms with E-state index >= 15 is 0 Å². The molecule has 8 nitrogen and oxygen atoms in total. The van der Waals surface area contributed by atoms with Gasteiger partial charge in [0.1, 0.15) is 12.1 Å². The smallest absolute Gasteiger partial charge is 0.414 e. The van der Waals surface area contributed by atoms with Crippen LogP contribution in [0.25, 0.3) is 11.6 Å². The molecule has 2 aliphatic rings. The average molecular weight is 491 g/mol. The highest BCUT2D eigenvalue weighted by molar-refractivity contribution is 6.27. The summed E-state index contributed by atoms with van der Waals surface area (Å²) in [5.74, 6) is -2.90. The predicted octanol–water partition coefficient (Wildman–Crippen LogP) is 3.74. The van der Waals surface area contributed by atoms with Gasteiger partial charge >= 0.3 is 11.9 Å². The van der Waals surface area contributed by atoms with Crippen LogP contribution in [0.4, 0.5) is 4.39 Å². The predicted molar refractivity (Wildman–Crippen MR) is 133 cm³/mol. The number of halogens is 1. The van der Waals surface area contributed by atoms with Gasteiger partial charge in [-0.3, -0.25) is 4.90 Å². The first-order chi connectivity index (χ1) is 17.4. The fourth-order valence-corrected chi connectivity index (χ4v) is 4.49. The second-order valence-electron chi connectivity index (χ2n) is 8.56. The van der Waals surface area contributed by atoms with Crippen LogP contribution >= 0.6 is 0 Å². The summed E-state index contributed by atoms with van der Waals surface area (Å²) in [7, 11) is 0. The summed E-state index contributed by atoms with van der Waals surface area (Å²) in [5, 5.41) is 19.2. The average Bonchev–Trinajstić information content (AvgIpc) is 3.28. The van der Waals surface area contributed by atoms with Crippen LogP contribution in [0.1, 0.15) is 35.4 Å². The molecule has 0 aliphatic carbocycles. The van der Waals surface area contributed by atoms with Crippen LogP contribution in [0, 0.1) is 5.82 Å². The zero-order chi connectivity index (χ0) is 25.5. The van der Waals surface area contributed by atoms with Crippen molar-refractivity contribution in [2.24, 2.45) is 0 Å². The Morgan fingerprint density at radius 1 is 0.972 bits per heavy atom. The topological polar surface area (TPSA) is 109 Å². The van der Waals surface area contributed by atoms with Crippen LogP contribution in [0.3, 0.4) is 0 Å². The van der Waals surface area contributed by atoms with Gasteiger partial charge in [-0.2, -0.15) is 5.10 Å². The molecule has 2 aliphatic heterocycles. The molecule has 186 valence electrons. The van der Waals surface area contributed by atoms with Crippen molar-refractivity contribution in [2.75, 3.05) is 19.6 Å². The maximum Gasteiger partial charge on any atom is 0.414 e. The second kappa shape index (κ2) is 11.5. The maximum absolute atomic E-state index is 13.9. The number of aromatic nitrogens is 3. The molecule has 0 saturated carbocycles. The normalized spacial score (nSPS) is 15.5. The van der Waals surface area contributed by atoms with Crippen molar-refractivity contribution in [3.63, 3.8) is 0 Å². The summed E-state index contributed by atoms with van der Waals surface area (Å²) in [5.41, 5.74) is 5.98. The third-order valence-electron chi connectivity index (χ3n) is 6.24. The van der Waals surface area contributed by atoms with Gasteiger partial charge in [0, 0.05) is 31.8 Å². The quantitative estimate of drug-likeness (QED) is 0.539. The molecule has 5 rings (SSSR count). The number of carbonyl (C=O) groups is 2. The van der Waals surface area contributed by atoms with E-state index in [1.54, 1.807) is 18.5 Å². The number of fused-ring (bicyclic) bond motifs is 2. The van der Waals surface area contributed by atoms with Crippen molar-refractivity contribution in [1.82, 2.24) is 19.7 Å². The largest absolute Gasteiger partial charge is 0.473 e. The monoisotopic (exact) mass is 490 g/mol. The zero-order valence-electron chi connectivity index (χ0n) is 19.7. The Balaban J connectivity index is 0.000000455. The Hall–Kier alpha value is -4.11. The SMILES string of the molecule is Fc1ccc2c(c1)CCn1ncnc1C2=C1CCN(C/C=C/c2ccccc2)CC1.O=C(O)C(=O)O. The molecule has 0 atom stereocenters. The fourth-order valence-electron chi connectivity index (χ4n) is 4.49. The molecule has 0 amide bonds. The van der Waals surface area contributed by atoms with Gasteiger partial charge < -0.3 is 10.2 Å². The first kappa shape index (κ1) is 25.0. The van der Waals surface area contributed by atoms with Crippen molar-refractivity contribution in [3.8, 4) is 0 Å². The molecule has 3 heterocycles. The van der Waals surface area contributed by atoms with Crippen molar-refractivity contribution in [2.45, 2.75) is 25.8 Å². The van der Waals surface area contributed by atoms with Crippen LogP contribution in [-0.2, 0) is 22.6 Å². The van der Waals surface area contributed by atoms with Gasteiger partial charge in [-0.15, -0.1) is 0 Å². The fraction of sp³-hybridized carbons (Fsp3) is 0.259. The molecule has 1 fully saturated rings. The van der Waals surface area contributed by atoms with Crippen molar-refractivity contribution in [1.29, 1.82) is 0 Å². The maximum atomic E-state index is 13.9. The highest BCUT2D eigenvalue weighted by Crippen LogP contribution is 2.35. The van der Waals surface area contributed by atoms with Crippen LogP contribution in [-0.4, -0.2) is 61.5 Å². The lowest BCUT2D eigenvalue weighted by Crippen LogP contribution is -2.31. The van der Waals surface area contributed by atoms with Gasteiger partial charge in [0.05, 0.1) is 0 Å². The number of benzene rings is 2. The number of piperidine rings is 1. The minimum Gasteiger partial charge on any atom is -0.473 e. The van der Waals surface area contributed by atoms with E-state index < -0.39 is 11.9 Å². The first-order valence-electron chi connectivity index (χ1n) is 11.7. The zero-order valence-corrected chi connectivity index (χ0v) is 19.7. The van der Waals surface area contributed by atoms with E-state index in [0.717, 1.165) is 62.4 Å². The third kappa shape index (κ3) is 6.11. The number of nitrogens with zero attached hydrogens (tertiary/aromatic N) is 4. The van der Waals surface area contributed by atoms with E-state index in [-0.39, 0.29) is 5.82 Å². The van der Waals surface area contributed by atoms with E-state index in [1.165, 1.54) is 16.7 Å². The highest BCUT2D eigenvalue weighted by Gasteiger charge is 2.25. The summed E-state index contributed by atoms with van der Waals surface area (Å²) in [6.45, 7) is 3.72. The lowest BCUT2D eigenvalue weighted by atomic mass is 9.90. The number of likely N-dealkylation sites (tertiary alicyclic amines) is 1. The molecule has 0 radical (unpaired) electrons. The molecule has 2 N–H and O–H groups in total. The van der Waals surface area contributed by atoms with Gasteiger partial charge in [-0.25, -0.2) is 23.6 Å². The Morgan fingerprint density at radius 3 is 2.39 bits per heavy atom. The summed E-state index contributed by atoms with van der Waals surface area (Å²) >= 11 is 0. The number of carboxylic acids is 2. The number of aryl methyl sites for hydroxylation is 2. The third-order valence-corrected chi connectivity index (χ3v) is 6.24. The van der Waals surface area contributed by atoms with E-state index in [1.807, 2.05) is 16.8 Å². The molecule has 9 heteroatoms. The van der Waals surface area contributed by atoms with Crippen molar-refractivity contribution < 1.29 is 24.2 Å². The number of rotatable bonds is 3. The highest BCUT2D eigenvalue weighted by atomic mass is 19.1. The summed E-state index contributed by atoms with van der Waals surface area (Å²) in [4.78, 5) is 25.3. The lowest BCUT2D eigenvalue weighted by molar-refractivity contribution is -0.159. The van der Waals surface area contributed by atoms with Gasteiger partial charge in [-0.05, 0) is 48.1 Å². The Morgan fingerprint density at radius 2 is 1.69 bits per heavy atom. The lowest BCUT2D eigenvalue weighted by Gasteiger charge is -2.29. The molecule has 0 spiro atoms. The van der Waals surface area contributed by atoms with Crippen LogP contribution < -0.4 is 0 Å². The van der Waals surface area contributed by atoms with E-state index in [0.29, 0.717) is 0 Å². The van der Waals surface area contributed by atoms with Crippen molar-refractivity contribution >= 4 is 23.6 Å². The molecular weight excluding hydrogens is 463 g/mol. The van der Waals surface area contributed by atoms with Gasteiger partial charge in [-0.1, -0.05) is 54.1 Å². The Kier molecular flexibility index (Phi) is 8.02. The molecule has 1 saturated heterocycles. The molecular formula is C27H27FN4O4. The molecule has 2 aromatic carbocycles. The van der Waals surface area contributed by atoms with Crippen LogP contribution in [0.2, 0.25) is 0 Å². The van der Waals surface area contributed by atoms with Crippen LogP contribution in [0.5, 0.6) is 0 Å². The molecule has 0 bridgehead atoms. The number of aliphatic carboxylic acids is 2. The molecule has 3 aromatic rings. The van der Waals surface area contributed by atoms with E-state index in [9.17, 15) is 4.39 Å². The van der Waals surface area contributed by atoms with Gasteiger partial charge in [0.15, 0.2) is 5.82 Å². The molecule has 0 unspecified atom stereocenters. The van der Waals surface area contributed by atoms with Gasteiger partial charge in [0.25, 0.3) is 0 Å². The van der Waals surface area contributed by atoms with E-state index in [4.69, 9.17) is 19.8 Å². The standard InChI is InChI=1S/C25H25FN4.C2H2O4/c26-22-8-9-23-21(17-22)12-16-30-25(27-18-28-30)24(23)20-10-14-29(15-11-20)13-4-7-19-5-2-1-3-6-19;3-1(4)2(5)6/h1-9,17-18H,10-16H2;(H,3,4)(H,5,6)/b7-4+;. The number of hydrogen-bond donors (Lipinski definition) is 2. The minimum absolute atomic E-state index is 0.175. The van der Waals surface area contributed by atoms with Crippen LogP contribution in [0.15, 0.2) is 66.5 Å². The number of hydrogen-bond acceptors (Lipinski definition) is 5. The minimum atomic E-state index is -1.82.